The van der Waals surface area contributed by atoms with E-state index in [1.807, 2.05) is 18.0 Å². The number of nitrogens with zero attached hydrogens (tertiary/aromatic N) is 2. The predicted octanol–water partition coefficient (Wildman–Crippen LogP) is 0.392. The third-order valence-electron chi connectivity index (χ3n) is 5.13. The van der Waals surface area contributed by atoms with Gasteiger partial charge in [-0.25, -0.2) is 0 Å². The van der Waals surface area contributed by atoms with Gasteiger partial charge in [0, 0.05) is 51.8 Å². The quantitative estimate of drug-likeness (QED) is 0.708. The summed E-state index contributed by atoms with van der Waals surface area (Å²) in [4.78, 5) is 40.8. The Morgan fingerprint density at radius 2 is 2.15 bits per heavy atom. The van der Waals surface area contributed by atoms with E-state index in [0.29, 0.717) is 50.4 Å². The Morgan fingerprint density at radius 1 is 1.33 bits per heavy atom. The summed E-state index contributed by atoms with van der Waals surface area (Å²) in [5.74, 6) is -0.426. The maximum atomic E-state index is 13.0. The van der Waals surface area contributed by atoms with Crippen LogP contribution in [-0.4, -0.2) is 62.4 Å². The monoisotopic (exact) mass is 373 g/mol. The van der Waals surface area contributed by atoms with Crippen molar-refractivity contribution in [1.82, 2.24) is 10.2 Å². The van der Waals surface area contributed by atoms with Crippen LogP contribution in [0.25, 0.3) is 0 Å². The first-order chi connectivity index (χ1) is 13.0. The summed E-state index contributed by atoms with van der Waals surface area (Å²) < 4.78 is 0. The summed E-state index contributed by atoms with van der Waals surface area (Å²) in [5, 5.41) is 5.68. The standard InChI is InChI=1S/C19H27N5O3/c1-23-10-6-17(25)22-15-11-13(4-5-16(15)23)19(27)24-9-2-3-14(12-24)18(26)21-8-7-20/h4-5,11,14H,2-3,6-10,12,20H2,1H3,(H,21,26)(H,22,25). The molecule has 2 aliphatic heterocycles. The molecule has 0 radical (unpaired) electrons. The number of rotatable bonds is 4. The molecule has 1 saturated heterocycles. The van der Waals surface area contributed by atoms with Crippen molar-refractivity contribution in [3.05, 3.63) is 23.8 Å². The molecule has 1 atom stereocenters. The third-order valence-corrected chi connectivity index (χ3v) is 5.13. The van der Waals surface area contributed by atoms with E-state index in [1.54, 1.807) is 17.0 Å². The summed E-state index contributed by atoms with van der Waals surface area (Å²) in [5.41, 5.74) is 7.50. The Labute approximate surface area is 159 Å². The number of carbonyl (C=O) groups excluding carboxylic acids is 3. The van der Waals surface area contributed by atoms with Crippen LogP contribution in [-0.2, 0) is 9.59 Å². The normalized spacial score (nSPS) is 19.8. The lowest BCUT2D eigenvalue weighted by atomic mass is 9.96. The largest absolute Gasteiger partial charge is 0.372 e. The van der Waals surface area contributed by atoms with Crippen LogP contribution in [0, 0.1) is 5.92 Å². The van der Waals surface area contributed by atoms with Crippen LogP contribution < -0.4 is 21.3 Å². The van der Waals surface area contributed by atoms with Crippen LogP contribution in [0.5, 0.6) is 0 Å². The first-order valence-electron chi connectivity index (χ1n) is 9.41. The van der Waals surface area contributed by atoms with Crippen LogP contribution in [0.4, 0.5) is 11.4 Å². The summed E-state index contributed by atoms with van der Waals surface area (Å²) in [6.07, 6.45) is 1.97. The average Bonchev–Trinajstić information content (AvgIpc) is 2.83. The molecule has 8 nitrogen and oxygen atoms in total. The van der Waals surface area contributed by atoms with Crippen LogP contribution in [0.3, 0.4) is 0 Å². The van der Waals surface area contributed by atoms with Crippen LogP contribution >= 0.6 is 0 Å². The first kappa shape index (κ1) is 19.2. The molecule has 0 saturated carbocycles. The molecule has 0 aromatic heterocycles. The van der Waals surface area contributed by atoms with E-state index in [1.165, 1.54) is 0 Å². The molecule has 0 spiro atoms. The maximum Gasteiger partial charge on any atom is 0.253 e. The highest BCUT2D eigenvalue weighted by Crippen LogP contribution is 2.30. The summed E-state index contributed by atoms with van der Waals surface area (Å²) >= 11 is 0. The minimum absolute atomic E-state index is 0.0474. The zero-order valence-electron chi connectivity index (χ0n) is 15.7. The molecule has 0 aliphatic carbocycles. The second kappa shape index (κ2) is 8.39. The van der Waals surface area contributed by atoms with Crippen LogP contribution in [0.1, 0.15) is 29.6 Å². The number of fused-ring (bicyclic) bond motifs is 1. The molecule has 2 heterocycles. The number of piperidine rings is 1. The minimum Gasteiger partial charge on any atom is -0.372 e. The minimum atomic E-state index is -0.207. The highest BCUT2D eigenvalue weighted by molar-refractivity contribution is 6.01. The number of hydrogen-bond acceptors (Lipinski definition) is 5. The predicted molar refractivity (Wildman–Crippen MR) is 104 cm³/mol. The van der Waals surface area contributed by atoms with Crippen molar-refractivity contribution in [1.29, 1.82) is 0 Å². The topological polar surface area (TPSA) is 108 Å². The van der Waals surface area contributed by atoms with Crippen molar-refractivity contribution < 1.29 is 14.4 Å². The Kier molecular flexibility index (Phi) is 5.95. The molecule has 146 valence electrons. The van der Waals surface area contributed by atoms with Crippen molar-refractivity contribution in [3.63, 3.8) is 0 Å². The Balaban J connectivity index is 1.74. The number of hydrogen-bond donors (Lipinski definition) is 3. The van der Waals surface area contributed by atoms with E-state index >= 15 is 0 Å². The van der Waals surface area contributed by atoms with Crippen molar-refractivity contribution >= 4 is 29.1 Å². The van der Waals surface area contributed by atoms with E-state index in [9.17, 15) is 14.4 Å². The van der Waals surface area contributed by atoms with Crippen molar-refractivity contribution in [2.75, 3.05) is 50.0 Å². The van der Waals surface area contributed by atoms with Gasteiger partial charge < -0.3 is 26.2 Å². The molecule has 4 N–H and O–H groups in total. The Bertz CT molecular complexity index is 736. The fourth-order valence-corrected chi connectivity index (χ4v) is 3.60. The molecular formula is C19H27N5O3. The number of benzene rings is 1. The van der Waals surface area contributed by atoms with Crippen LogP contribution in [0.15, 0.2) is 18.2 Å². The molecule has 2 aliphatic rings. The van der Waals surface area contributed by atoms with Gasteiger partial charge in [-0.3, -0.25) is 14.4 Å². The Morgan fingerprint density at radius 3 is 2.93 bits per heavy atom. The SMILES string of the molecule is CN1CCC(=O)Nc2cc(C(=O)N3CCCC(C(=O)NCCN)C3)ccc21. The molecule has 1 aromatic carbocycles. The second-order valence-corrected chi connectivity index (χ2v) is 7.12. The van der Waals surface area contributed by atoms with Crippen molar-refractivity contribution in [3.8, 4) is 0 Å². The molecule has 3 rings (SSSR count). The second-order valence-electron chi connectivity index (χ2n) is 7.12. The van der Waals surface area contributed by atoms with Crippen molar-refractivity contribution in [2.45, 2.75) is 19.3 Å². The highest BCUT2D eigenvalue weighted by Gasteiger charge is 2.29. The van der Waals surface area contributed by atoms with Gasteiger partial charge in [0.05, 0.1) is 17.3 Å². The number of anilines is 2. The fraction of sp³-hybridized carbons (Fsp3) is 0.526. The van der Waals surface area contributed by atoms with Crippen LogP contribution in [0.2, 0.25) is 0 Å². The zero-order chi connectivity index (χ0) is 19.4. The van der Waals surface area contributed by atoms with E-state index < -0.39 is 0 Å². The highest BCUT2D eigenvalue weighted by atomic mass is 16.2. The number of nitrogens with two attached hydrogens (primary N) is 1. The lowest BCUT2D eigenvalue weighted by Gasteiger charge is -2.32. The van der Waals surface area contributed by atoms with Gasteiger partial charge in [-0.1, -0.05) is 0 Å². The molecular weight excluding hydrogens is 346 g/mol. The summed E-state index contributed by atoms with van der Waals surface area (Å²) in [6, 6.07) is 5.38. The molecule has 27 heavy (non-hydrogen) atoms. The smallest absolute Gasteiger partial charge is 0.253 e. The number of carbonyl (C=O) groups is 3. The molecule has 3 amide bonds. The lowest BCUT2D eigenvalue weighted by Crippen LogP contribution is -2.46. The number of amides is 3. The van der Waals surface area contributed by atoms with Gasteiger partial charge in [0.25, 0.3) is 5.91 Å². The van der Waals surface area contributed by atoms with Crippen molar-refractivity contribution in [2.24, 2.45) is 11.7 Å². The van der Waals surface area contributed by atoms with E-state index in [-0.39, 0.29) is 23.6 Å². The van der Waals surface area contributed by atoms with E-state index in [2.05, 4.69) is 10.6 Å². The molecule has 1 aromatic rings. The fourth-order valence-electron chi connectivity index (χ4n) is 3.60. The first-order valence-corrected chi connectivity index (χ1v) is 9.41. The third kappa shape index (κ3) is 4.39. The molecule has 1 unspecified atom stereocenters. The molecule has 0 bridgehead atoms. The van der Waals surface area contributed by atoms with Gasteiger partial charge in [0.15, 0.2) is 0 Å². The summed E-state index contributed by atoms with van der Waals surface area (Å²) in [6.45, 7) is 2.51. The molecule has 1 fully saturated rings. The van der Waals surface area contributed by atoms with Gasteiger partial charge in [0.2, 0.25) is 11.8 Å². The van der Waals surface area contributed by atoms with Gasteiger partial charge in [-0.05, 0) is 31.0 Å². The van der Waals surface area contributed by atoms with Gasteiger partial charge in [0.1, 0.15) is 0 Å². The summed E-state index contributed by atoms with van der Waals surface area (Å²) in [7, 11) is 1.93. The lowest BCUT2D eigenvalue weighted by molar-refractivity contribution is -0.126. The Hall–Kier alpha value is -2.61. The molecule has 8 heteroatoms. The zero-order valence-corrected chi connectivity index (χ0v) is 15.7. The maximum absolute atomic E-state index is 13.0. The van der Waals surface area contributed by atoms with Gasteiger partial charge >= 0.3 is 0 Å². The number of nitrogens with one attached hydrogen (secondary N) is 2. The van der Waals surface area contributed by atoms with Gasteiger partial charge in [-0.2, -0.15) is 0 Å². The average molecular weight is 373 g/mol. The number of likely N-dealkylation sites (tertiary alicyclic amines) is 1. The van der Waals surface area contributed by atoms with Gasteiger partial charge in [-0.15, -0.1) is 0 Å². The van der Waals surface area contributed by atoms with E-state index in [4.69, 9.17) is 5.73 Å². The van der Waals surface area contributed by atoms with E-state index in [0.717, 1.165) is 18.5 Å².